The average Bonchev–Trinajstić information content (AvgIpc) is 3.04. The molecular formula is C19H19N3O3. The lowest BCUT2D eigenvalue weighted by molar-refractivity contribution is -0.122. The maximum atomic E-state index is 12.4. The van der Waals surface area contributed by atoms with Gasteiger partial charge in [0.05, 0.1) is 17.8 Å². The zero-order valence-electron chi connectivity index (χ0n) is 13.9. The molecule has 0 saturated carbocycles. The highest BCUT2D eigenvalue weighted by atomic mass is 16.6. The zero-order chi connectivity index (χ0) is 17.2. The number of carbonyl (C=O) groups is 1. The van der Waals surface area contributed by atoms with Gasteiger partial charge in [-0.15, -0.1) is 0 Å². The summed E-state index contributed by atoms with van der Waals surface area (Å²) >= 11 is 0. The molecule has 0 spiro atoms. The molecule has 0 saturated heterocycles. The standard InChI is InChI=1S/C19H19N3O3/c1-13(14-6-7-17-18(10-14)25-9-8-24-17)21-19(23)12-22-16-5-3-2-4-15(16)11-20-22/h2-7,10-11,13H,8-9,12H2,1H3,(H,21,23). The average molecular weight is 337 g/mol. The largest absolute Gasteiger partial charge is 0.486 e. The Labute approximate surface area is 145 Å². The smallest absolute Gasteiger partial charge is 0.242 e. The summed E-state index contributed by atoms with van der Waals surface area (Å²) in [6, 6.07) is 13.5. The summed E-state index contributed by atoms with van der Waals surface area (Å²) in [5.41, 5.74) is 1.92. The first-order valence-corrected chi connectivity index (χ1v) is 8.30. The number of carbonyl (C=O) groups excluding carboxylic acids is 1. The van der Waals surface area contributed by atoms with Gasteiger partial charge in [0.25, 0.3) is 0 Å². The van der Waals surface area contributed by atoms with Gasteiger partial charge in [0.2, 0.25) is 5.91 Å². The van der Waals surface area contributed by atoms with E-state index in [4.69, 9.17) is 9.47 Å². The maximum absolute atomic E-state index is 12.4. The maximum Gasteiger partial charge on any atom is 0.242 e. The van der Waals surface area contributed by atoms with E-state index < -0.39 is 0 Å². The van der Waals surface area contributed by atoms with Crippen molar-refractivity contribution in [1.82, 2.24) is 15.1 Å². The molecule has 6 nitrogen and oxygen atoms in total. The fraction of sp³-hybridized carbons (Fsp3) is 0.263. The van der Waals surface area contributed by atoms with Gasteiger partial charge in [0.15, 0.2) is 11.5 Å². The summed E-state index contributed by atoms with van der Waals surface area (Å²) in [6.45, 7) is 3.24. The van der Waals surface area contributed by atoms with Crippen LogP contribution in [0.5, 0.6) is 11.5 Å². The number of para-hydroxylation sites is 1. The highest BCUT2D eigenvalue weighted by Gasteiger charge is 2.16. The molecule has 0 bridgehead atoms. The number of benzene rings is 2. The topological polar surface area (TPSA) is 65.4 Å². The van der Waals surface area contributed by atoms with Crippen molar-refractivity contribution < 1.29 is 14.3 Å². The summed E-state index contributed by atoms with van der Waals surface area (Å²) < 4.78 is 12.8. The third-order valence-corrected chi connectivity index (χ3v) is 4.29. The third kappa shape index (κ3) is 3.15. The van der Waals surface area contributed by atoms with E-state index in [0.29, 0.717) is 13.2 Å². The van der Waals surface area contributed by atoms with Gasteiger partial charge in [-0.1, -0.05) is 24.3 Å². The first-order chi connectivity index (χ1) is 12.2. The molecule has 0 aliphatic carbocycles. The van der Waals surface area contributed by atoms with Gasteiger partial charge in [-0.05, 0) is 30.7 Å². The van der Waals surface area contributed by atoms with Crippen molar-refractivity contribution in [2.24, 2.45) is 0 Å². The Kier molecular flexibility index (Phi) is 4.01. The number of fused-ring (bicyclic) bond motifs is 2. The number of hydrogen-bond acceptors (Lipinski definition) is 4. The van der Waals surface area contributed by atoms with E-state index in [9.17, 15) is 4.79 Å². The lowest BCUT2D eigenvalue weighted by Crippen LogP contribution is -2.30. The lowest BCUT2D eigenvalue weighted by atomic mass is 10.1. The Balaban J connectivity index is 1.45. The molecule has 2 aromatic carbocycles. The SMILES string of the molecule is CC(NC(=O)Cn1ncc2ccccc21)c1ccc2c(c1)OCCO2. The van der Waals surface area contributed by atoms with Crippen LogP contribution in [0.3, 0.4) is 0 Å². The highest BCUT2D eigenvalue weighted by molar-refractivity contribution is 5.82. The quantitative estimate of drug-likeness (QED) is 0.795. The van der Waals surface area contributed by atoms with Crippen LogP contribution in [-0.4, -0.2) is 28.9 Å². The number of nitrogens with zero attached hydrogens (tertiary/aromatic N) is 2. The fourth-order valence-corrected chi connectivity index (χ4v) is 2.99. The zero-order valence-corrected chi connectivity index (χ0v) is 13.9. The molecule has 3 aromatic rings. The second-order valence-electron chi connectivity index (χ2n) is 6.05. The van der Waals surface area contributed by atoms with Crippen molar-refractivity contribution in [1.29, 1.82) is 0 Å². The number of ether oxygens (including phenoxy) is 2. The van der Waals surface area contributed by atoms with Crippen molar-refractivity contribution in [2.45, 2.75) is 19.5 Å². The Morgan fingerprint density at radius 3 is 2.88 bits per heavy atom. The van der Waals surface area contributed by atoms with E-state index in [-0.39, 0.29) is 18.5 Å². The van der Waals surface area contributed by atoms with Crippen LogP contribution in [0.15, 0.2) is 48.7 Å². The van der Waals surface area contributed by atoms with Gasteiger partial charge < -0.3 is 14.8 Å². The van der Waals surface area contributed by atoms with E-state index >= 15 is 0 Å². The van der Waals surface area contributed by atoms with Crippen LogP contribution in [0.2, 0.25) is 0 Å². The van der Waals surface area contributed by atoms with Crippen LogP contribution in [0.4, 0.5) is 0 Å². The molecular weight excluding hydrogens is 318 g/mol. The van der Waals surface area contributed by atoms with Gasteiger partial charge in [-0.3, -0.25) is 9.48 Å². The van der Waals surface area contributed by atoms with Crippen molar-refractivity contribution in [3.63, 3.8) is 0 Å². The van der Waals surface area contributed by atoms with Gasteiger partial charge in [-0.2, -0.15) is 5.10 Å². The number of nitrogens with one attached hydrogen (secondary N) is 1. The molecule has 1 N–H and O–H groups in total. The van der Waals surface area contributed by atoms with Crippen molar-refractivity contribution in [2.75, 3.05) is 13.2 Å². The van der Waals surface area contributed by atoms with Crippen LogP contribution in [0.1, 0.15) is 18.5 Å². The molecule has 25 heavy (non-hydrogen) atoms. The van der Waals surface area contributed by atoms with Crippen LogP contribution >= 0.6 is 0 Å². The normalized spacial score (nSPS) is 14.3. The molecule has 0 fully saturated rings. The predicted molar refractivity (Wildman–Crippen MR) is 93.7 cm³/mol. The van der Waals surface area contributed by atoms with Gasteiger partial charge in [0.1, 0.15) is 19.8 Å². The first-order valence-electron chi connectivity index (χ1n) is 8.30. The Hall–Kier alpha value is -3.02. The van der Waals surface area contributed by atoms with Gasteiger partial charge >= 0.3 is 0 Å². The van der Waals surface area contributed by atoms with Crippen molar-refractivity contribution >= 4 is 16.8 Å². The third-order valence-electron chi connectivity index (χ3n) is 4.29. The second kappa shape index (κ2) is 6.47. The Morgan fingerprint density at radius 2 is 2.00 bits per heavy atom. The van der Waals surface area contributed by atoms with Crippen LogP contribution in [-0.2, 0) is 11.3 Å². The number of rotatable bonds is 4. The van der Waals surface area contributed by atoms with Crippen molar-refractivity contribution in [3.8, 4) is 11.5 Å². The molecule has 128 valence electrons. The van der Waals surface area contributed by atoms with Gasteiger partial charge in [0, 0.05) is 5.39 Å². The summed E-state index contributed by atoms with van der Waals surface area (Å²) in [5.74, 6) is 1.38. The minimum atomic E-state index is -0.134. The molecule has 4 rings (SSSR count). The monoisotopic (exact) mass is 337 g/mol. The van der Waals surface area contributed by atoms with E-state index in [1.54, 1.807) is 10.9 Å². The molecule has 1 amide bonds. The van der Waals surface area contributed by atoms with Crippen LogP contribution in [0.25, 0.3) is 10.9 Å². The van der Waals surface area contributed by atoms with E-state index in [1.807, 2.05) is 49.4 Å². The minimum absolute atomic E-state index is 0.0868. The summed E-state index contributed by atoms with van der Waals surface area (Å²) in [7, 11) is 0. The lowest BCUT2D eigenvalue weighted by Gasteiger charge is -2.21. The molecule has 1 aliphatic heterocycles. The Morgan fingerprint density at radius 1 is 1.20 bits per heavy atom. The molecule has 2 heterocycles. The molecule has 1 aromatic heterocycles. The minimum Gasteiger partial charge on any atom is -0.486 e. The first kappa shape index (κ1) is 15.5. The van der Waals surface area contributed by atoms with Crippen LogP contribution < -0.4 is 14.8 Å². The summed E-state index contributed by atoms with van der Waals surface area (Å²) in [4.78, 5) is 12.4. The highest BCUT2D eigenvalue weighted by Crippen LogP contribution is 2.32. The predicted octanol–water partition coefficient (Wildman–Crippen LogP) is 2.68. The summed E-state index contributed by atoms with van der Waals surface area (Å²) in [6.07, 6.45) is 1.77. The Bertz CT molecular complexity index is 919. The van der Waals surface area contributed by atoms with E-state index in [2.05, 4.69) is 10.4 Å². The molecule has 0 radical (unpaired) electrons. The van der Waals surface area contributed by atoms with Crippen molar-refractivity contribution in [3.05, 3.63) is 54.2 Å². The molecule has 6 heteroatoms. The number of amides is 1. The molecule has 1 atom stereocenters. The fourth-order valence-electron chi connectivity index (χ4n) is 2.99. The molecule has 1 unspecified atom stereocenters. The van der Waals surface area contributed by atoms with Crippen LogP contribution in [0, 0.1) is 0 Å². The van der Waals surface area contributed by atoms with E-state index in [0.717, 1.165) is 28.0 Å². The van der Waals surface area contributed by atoms with Gasteiger partial charge in [-0.25, -0.2) is 0 Å². The van der Waals surface area contributed by atoms with E-state index in [1.165, 1.54) is 0 Å². The summed E-state index contributed by atoms with van der Waals surface area (Å²) in [5, 5.41) is 8.33. The molecule has 1 aliphatic rings. The second-order valence-corrected chi connectivity index (χ2v) is 6.05. The number of hydrogen-bond donors (Lipinski definition) is 1. The number of aromatic nitrogens is 2.